The summed E-state index contributed by atoms with van der Waals surface area (Å²) in [5.74, 6) is 1.14. The Hall–Kier alpha value is -2.66. The van der Waals surface area contributed by atoms with Gasteiger partial charge in [0.15, 0.2) is 5.58 Å². The highest BCUT2D eigenvalue weighted by Gasteiger charge is 2.22. The van der Waals surface area contributed by atoms with Gasteiger partial charge in [0, 0.05) is 28.1 Å². The lowest BCUT2D eigenvalue weighted by Gasteiger charge is -2.11. The highest BCUT2D eigenvalue weighted by atomic mass is 35.5. The van der Waals surface area contributed by atoms with Crippen LogP contribution >= 0.6 is 11.6 Å². The van der Waals surface area contributed by atoms with Gasteiger partial charge in [-0.3, -0.25) is 4.79 Å². The van der Waals surface area contributed by atoms with Crippen molar-refractivity contribution in [3.63, 3.8) is 0 Å². The van der Waals surface area contributed by atoms with Gasteiger partial charge < -0.3 is 19.2 Å². The molecule has 5 nitrogen and oxygen atoms in total. The lowest BCUT2D eigenvalue weighted by atomic mass is 10.1. The highest BCUT2D eigenvalue weighted by Crippen LogP contribution is 2.35. The minimum atomic E-state index is -0.268. The minimum Gasteiger partial charge on any atom is -0.488 e. The Bertz CT molecular complexity index is 1010. The number of hydrogen-bond acceptors (Lipinski definition) is 5. The topological polar surface area (TPSA) is 60.7 Å². The Labute approximate surface area is 174 Å². The molecule has 0 spiro atoms. The van der Waals surface area contributed by atoms with E-state index in [2.05, 4.69) is 5.32 Å². The van der Waals surface area contributed by atoms with Gasteiger partial charge in [-0.05, 0) is 43.9 Å². The van der Waals surface area contributed by atoms with Crippen LogP contribution in [0.3, 0.4) is 0 Å². The van der Waals surface area contributed by atoms with E-state index in [1.165, 1.54) is 12.8 Å². The minimum absolute atomic E-state index is 0.178. The van der Waals surface area contributed by atoms with Gasteiger partial charge in [-0.1, -0.05) is 29.8 Å². The lowest BCUT2D eigenvalue weighted by Crippen LogP contribution is -2.09. The van der Waals surface area contributed by atoms with Crippen molar-refractivity contribution in [3.05, 3.63) is 58.8 Å². The van der Waals surface area contributed by atoms with E-state index in [-0.39, 0.29) is 12.4 Å². The summed E-state index contributed by atoms with van der Waals surface area (Å²) in [6.45, 7) is 3.41. The summed E-state index contributed by atoms with van der Waals surface area (Å²) >= 11 is 6.34. The number of rotatable bonds is 9. The Kier molecular flexibility index (Phi) is 5.95. The summed E-state index contributed by atoms with van der Waals surface area (Å²) in [6.07, 6.45) is 4.44. The molecule has 6 heteroatoms. The number of benzene rings is 2. The molecule has 1 saturated carbocycles. The second kappa shape index (κ2) is 8.78. The maximum absolute atomic E-state index is 11.8. The summed E-state index contributed by atoms with van der Waals surface area (Å²) < 4.78 is 16.9. The van der Waals surface area contributed by atoms with E-state index in [0.717, 1.165) is 40.2 Å². The van der Waals surface area contributed by atoms with Crippen molar-refractivity contribution in [2.75, 3.05) is 18.5 Å². The molecule has 0 saturated heterocycles. The number of para-hydroxylation sites is 1. The molecule has 29 heavy (non-hydrogen) atoms. The van der Waals surface area contributed by atoms with Crippen LogP contribution in [0.15, 0.2) is 47.1 Å². The fourth-order valence-electron chi connectivity index (χ4n) is 3.29. The molecule has 4 rings (SSSR count). The summed E-state index contributed by atoms with van der Waals surface area (Å²) in [4.78, 5) is 11.8. The van der Waals surface area contributed by atoms with E-state index in [9.17, 15) is 4.79 Å². The molecule has 1 fully saturated rings. The average molecular weight is 414 g/mol. The van der Waals surface area contributed by atoms with Crippen molar-refractivity contribution in [1.82, 2.24) is 0 Å². The first kappa shape index (κ1) is 19.6. The normalized spacial score (nSPS) is 13.4. The molecule has 0 bridgehead atoms. The summed E-state index contributed by atoms with van der Waals surface area (Å²) in [6, 6.07) is 11.3. The van der Waals surface area contributed by atoms with Crippen LogP contribution in [0.2, 0.25) is 5.02 Å². The van der Waals surface area contributed by atoms with Crippen LogP contribution in [0.1, 0.15) is 30.9 Å². The number of carbonyl (C=O) groups is 1. The van der Waals surface area contributed by atoms with Crippen molar-refractivity contribution < 1.29 is 18.7 Å². The van der Waals surface area contributed by atoms with Crippen molar-refractivity contribution >= 4 is 34.2 Å². The zero-order chi connectivity index (χ0) is 20.2. The smallest absolute Gasteiger partial charge is 0.310 e. The Morgan fingerprint density at radius 3 is 2.86 bits per heavy atom. The third-order valence-electron chi connectivity index (χ3n) is 4.99. The largest absolute Gasteiger partial charge is 0.488 e. The Morgan fingerprint density at radius 2 is 2.07 bits per heavy atom. The van der Waals surface area contributed by atoms with E-state index >= 15 is 0 Å². The summed E-state index contributed by atoms with van der Waals surface area (Å²) in [7, 11) is 0. The van der Waals surface area contributed by atoms with Gasteiger partial charge in [-0.25, -0.2) is 0 Å². The molecule has 1 aliphatic rings. The maximum Gasteiger partial charge on any atom is 0.310 e. The molecule has 0 amide bonds. The van der Waals surface area contributed by atoms with Crippen molar-refractivity contribution in [2.45, 2.75) is 32.8 Å². The van der Waals surface area contributed by atoms with E-state index in [4.69, 9.17) is 25.5 Å². The van der Waals surface area contributed by atoms with Gasteiger partial charge in [0.1, 0.15) is 12.4 Å². The van der Waals surface area contributed by atoms with Gasteiger partial charge >= 0.3 is 5.97 Å². The molecule has 0 aliphatic heterocycles. The monoisotopic (exact) mass is 413 g/mol. The SMILES string of the molecule is CCOC(=O)Cc1ccccc1OCc1coc2c(NCC3CC3)cc(Cl)cc12. The second-order valence-electron chi connectivity index (χ2n) is 7.29. The molecule has 3 aromatic rings. The molecule has 1 aromatic heterocycles. The highest BCUT2D eigenvalue weighted by molar-refractivity contribution is 6.31. The first-order chi connectivity index (χ1) is 14.1. The van der Waals surface area contributed by atoms with E-state index in [0.29, 0.717) is 24.0 Å². The third-order valence-corrected chi connectivity index (χ3v) is 5.21. The number of carbonyl (C=O) groups excluding carboxylic acids is 1. The lowest BCUT2D eigenvalue weighted by molar-refractivity contribution is -0.142. The van der Waals surface area contributed by atoms with E-state index < -0.39 is 0 Å². The Morgan fingerprint density at radius 1 is 1.24 bits per heavy atom. The number of fused-ring (bicyclic) bond motifs is 1. The van der Waals surface area contributed by atoms with Gasteiger partial charge in [0.2, 0.25) is 0 Å². The number of halogens is 1. The number of nitrogens with one attached hydrogen (secondary N) is 1. The van der Waals surface area contributed by atoms with E-state index in [1.807, 2.05) is 36.4 Å². The molecule has 0 radical (unpaired) electrons. The van der Waals surface area contributed by atoms with Crippen molar-refractivity contribution in [1.29, 1.82) is 0 Å². The second-order valence-corrected chi connectivity index (χ2v) is 7.73. The molecule has 0 atom stereocenters. The third kappa shape index (κ3) is 4.85. The maximum atomic E-state index is 11.8. The van der Waals surface area contributed by atoms with E-state index in [1.54, 1.807) is 13.2 Å². The van der Waals surface area contributed by atoms with Crippen LogP contribution in [0.4, 0.5) is 5.69 Å². The summed E-state index contributed by atoms with van der Waals surface area (Å²) in [5, 5.41) is 5.03. The molecule has 152 valence electrons. The molecule has 2 aromatic carbocycles. The molecule has 1 heterocycles. The molecule has 0 unspecified atom stereocenters. The van der Waals surface area contributed by atoms with Crippen LogP contribution in [0.25, 0.3) is 11.0 Å². The molecular formula is C23H24ClNO4. The number of esters is 1. The zero-order valence-corrected chi connectivity index (χ0v) is 17.1. The first-order valence-corrected chi connectivity index (χ1v) is 10.3. The van der Waals surface area contributed by atoms with Crippen LogP contribution in [0.5, 0.6) is 5.75 Å². The van der Waals surface area contributed by atoms with Gasteiger partial charge in [-0.15, -0.1) is 0 Å². The number of furan rings is 1. The quantitative estimate of drug-likeness (QED) is 0.463. The van der Waals surface area contributed by atoms with Crippen LogP contribution < -0.4 is 10.1 Å². The Balaban J connectivity index is 1.51. The van der Waals surface area contributed by atoms with Crippen molar-refractivity contribution in [3.8, 4) is 5.75 Å². The van der Waals surface area contributed by atoms with Crippen molar-refractivity contribution in [2.24, 2.45) is 5.92 Å². The number of anilines is 1. The fourth-order valence-corrected chi connectivity index (χ4v) is 3.50. The van der Waals surface area contributed by atoms with Gasteiger partial charge in [-0.2, -0.15) is 0 Å². The first-order valence-electron chi connectivity index (χ1n) is 9.94. The summed E-state index contributed by atoms with van der Waals surface area (Å²) in [5.41, 5.74) is 3.40. The standard InChI is InChI=1S/C23H24ClNO4/c1-2-27-22(26)9-16-5-3-4-6-21(16)28-13-17-14-29-23-19(17)10-18(24)11-20(23)25-12-15-7-8-15/h3-6,10-11,14-15,25H,2,7-9,12-13H2,1H3. The zero-order valence-electron chi connectivity index (χ0n) is 16.4. The van der Waals surface area contributed by atoms with Crippen LogP contribution in [-0.2, 0) is 22.6 Å². The molecule has 1 aliphatic carbocycles. The van der Waals surface area contributed by atoms with Crippen LogP contribution in [-0.4, -0.2) is 19.1 Å². The molecular weight excluding hydrogens is 390 g/mol. The van der Waals surface area contributed by atoms with Gasteiger partial charge in [0.05, 0.1) is 25.0 Å². The average Bonchev–Trinajstić information content (AvgIpc) is 3.45. The number of hydrogen-bond donors (Lipinski definition) is 1. The molecule has 1 N–H and O–H groups in total. The van der Waals surface area contributed by atoms with Gasteiger partial charge in [0.25, 0.3) is 0 Å². The fraction of sp³-hybridized carbons (Fsp3) is 0.348. The predicted molar refractivity (Wildman–Crippen MR) is 114 cm³/mol. The van der Waals surface area contributed by atoms with Crippen LogP contribution in [0, 0.1) is 5.92 Å². The predicted octanol–water partition coefficient (Wildman–Crippen LogP) is 5.59. The number of ether oxygens (including phenoxy) is 2.